The molecule has 0 saturated heterocycles. The van der Waals surface area contributed by atoms with Gasteiger partial charge in [0.15, 0.2) is 5.82 Å². The molecule has 0 bridgehead atoms. The van der Waals surface area contributed by atoms with E-state index in [0.717, 1.165) is 26.8 Å². The highest BCUT2D eigenvalue weighted by Crippen LogP contribution is 2.37. The number of hydrogen-bond acceptors (Lipinski definition) is 6. The number of alkyl halides is 3. The van der Waals surface area contributed by atoms with E-state index in [4.69, 9.17) is 4.74 Å². The van der Waals surface area contributed by atoms with Gasteiger partial charge < -0.3 is 9.84 Å². The third-order valence-electron chi connectivity index (χ3n) is 4.79. The van der Waals surface area contributed by atoms with Gasteiger partial charge in [-0.3, -0.25) is 9.36 Å². The van der Waals surface area contributed by atoms with Crippen molar-refractivity contribution in [3.05, 3.63) is 69.5 Å². The van der Waals surface area contributed by atoms with E-state index in [1.54, 1.807) is 24.3 Å². The van der Waals surface area contributed by atoms with Crippen LogP contribution in [-0.4, -0.2) is 26.8 Å². The summed E-state index contributed by atoms with van der Waals surface area (Å²) in [6, 6.07) is 10.0. The van der Waals surface area contributed by atoms with Crippen molar-refractivity contribution < 1.29 is 23.0 Å². The molecule has 10 heteroatoms. The van der Waals surface area contributed by atoms with E-state index in [1.165, 1.54) is 25.4 Å². The summed E-state index contributed by atoms with van der Waals surface area (Å²) in [6.45, 7) is 0.0145. The zero-order valence-electron chi connectivity index (χ0n) is 16.2. The fourth-order valence-corrected chi connectivity index (χ4v) is 4.27. The van der Waals surface area contributed by atoms with Crippen molar-refractivity contribution in [2.45, 2.75) is 19.1 Å². The molecule has 1 aromatic carbocycles. The highest BCUT2D eigenvalue weighted by molar-refractivity contribution is 7.16. The average molecular weight is 447 g/mol. The monoisotopic (exact) mass is 447 g/mol. The lowest BCUT2D eigenvalue weighted by atomic mass is 10.1. The molecule has 0 unspecified atom stereocenters. The number of rotatable bonds is 5. The van der Waals surface area contributed by atoms with Crippen molar-refractivity contribution in [3.63, 3.8) is 0 Å². The van der Waals surface area contributed by atoms with Gasteiger partial charge in [-0.05, 0) is 30.2 Å². The minimum absolute atomic E-state index is 0.000993. The molecule has 0 aliphatic carbocycles. The summed E-state index contributed by atoms with van der Waals surface area (Å²) in [5, 5.41) is 10.6. The summed E-state index contributed by atoms with van der Waals surface area (Å²) in [4.78, 5) is 21.5. The third-order valence-corrected chi connectivity index (χ3v) is 5.67. The molecular weight excluding hydrogens is 431 g/mol. The third kappa shape index (κ3) is 3.86. The molecule has 0 spiro atoms. The number of benzene rings is 1. The van der Waals surface area contributed by atoms with Gasteiger partial charge in [-0.2, -0.15) is 13.2 Å². The molecule has 0 radical (unpaired) electrons. The minimum atomic E-state index is -4.69. The SMILES string of the molecule is COc1ccccc1CCn1c(-c2ncccc2O)nc2scc(C(F)(F)F)c2c1=O. The Morgan fingerprint density at radius 3 is 2.68 bits per heavy atom. The van der Waals surface area contributed by atoms with E-state index in [0.29, 0.717) is 12.2 Å². The molecule has 0 atom stereocenters. The van der Waals surface area contributed by atoms with Crippen LogP contribution in [0.2, 0.25) is 0 Å². The first kappa shape index (κ1) is 20.9. The number of fused-ring (bicyclic) bond motifs is 1. The number of aromatic nitrogens is 3. The molecule has 0 saturated carbocycles. The van der Waals surface area contributed by atoms with E-state index in [-0.39, 0.29) is 28.6 Å². The molecule has 0 amide bonds. The molecule has 1 N–H and O–H groups in total. The molecule has 4 aromatic rings. The average Bonchev–Trinajstić information content (AvgIpc) is 3.18. The van der Waals surface area contributed by atoms with Crippen LogP contribution in [0.5, 0.6) is 11.5 Å². The van der Waals surface area contributed by atoms with Gasteiger partial charge in [-0.15, -0.1) is 11.3 Å². The number of para-hydroxylation sites is 1. The lowest BCUT2D eigenvalue weighted by Crippen LogP contribution is -2.26. The van der Waals surface area contributed by atoms with Crippen molar-refractivity contribution in [1.82, 2.24) is 14.5 Å². The molecule has 4 rings (SSSR count). The maximum absolute atomic E-state index is 13.5. The molecule has 6 nitrogen and oxygen atoms in total. The Morgan fingerprint density at radius 1 is 1.19 bits per heavy atom. The molecule has 31 heavy (non-hydrogen) atoms. The van der Waals surface area contributed by atoms with Crippen LogP contribution in [0.1, 0.15) is 11.1 Å². The van der Waals surface area contributed by atoms with Gasteiger partial charge >= 0.3 is 6.18 Å². The Kier molecular flexibility index (Phi) is 5.40. The Bertz CT molecular complexity index is 1310. The number of ether oxygens (including phenoxy) is 1. The number of hydrogen-bond donors (Lipinski definition) is 1. The summed E-state index contributed by atoms with van der Waals surface area (Å²) >= 11 is 0.725. The number of aryl methyl sites for hydroxylation is 1. The molecule has 3 aromatic heterocycles. The van der Waals surface area contributed by atoms with Crippen LogP contribution in [-0.2, 0) is 19.1 Å². The zero-order valence-corrected chi connectivity index (χ0v) is 17.0. The largest absolute Gasteiger partial charge is 0.506 e. The number of methoxy groups -OCH3 is 1. The Balaban J connectivity index is 1.92. The van der Waals surface area contributed by atoms with Crippen molar-refractivity contribution in [2.24, 2.45) is 0 Å². The minimum Gasteiger partial charge on any atom is -0.506 e. The summed E-state index contributed by atoms with van der Waals surface area (Å²) in [6.07, 6.45) is -2.98. The van der Waals surface area contributed by atoms with E-state index < -0.39 is 22.7 Å². The van der Waals surface area contributed by atoms with E-state index in [1.807, 2.05) is 0 Å². The fourth-order valence-electron chi connectivity index (χ4n) is 3.33. The van der Waals surface area contributed by atoms with Gasteiger partial charge in [0.05, 0.1) is 18.1 Å². The van der Waals surface area contributed by atoms with Crippen LogP contribution in [0.4, 0.5) is 13.2 Å². The number of halogens is 3. The highest BCUT2D eigenvalue weighted by Gasteiger charge is 2.36. The Labute approximate surface area is 178 Å². The lowest BCUT2D eigenvalue weighted by molar-refractivity contribution is -0.136. The van der Waals surface area contributed by atoms with E-state index in [2.05, 4.69) is 9.97 Å². The molecular formula is C21H16F3N3O3S. The lowest BCUT2D eigenvalue weighted by Gasteiger charge is -2.15. The first-order chi connectivity index (χ1) is 14.8. The van der Waals surface area contributed by atoms with Crippen molar-refractivity contribution in [3.8, 4) is 23.0 Å². The number of aromatic hydroxyl groups is 1. The predicted octanol–water partition coefficient (Wildman–Crippen LogP) is 4.50. The summed E-state index contributed by atoms with van der Waals surface area (Å²) < 4.78 is 46.8. The van der Waals surface area contributed by atoms with Crippen molar-refractivity contribution >= 4 is 21.6 Å². The molecule has 0 aliphatic heterocycles. The summed E-state index contributed by atoms with van der Waals surface area (Å²) in [7, 11) is 1.51. The Morgan fingerprint density at radius 2 is 1.97 bits per heavy atom. The van der Waals surface area contributed by atoms with Gasteiger partial charge in [0.1, 0.15) is 22.0 Å². The number of nitrogens with zero attached hydrogens (tertiary/aromatic N) is 3. The van der Waals surface area contributed by atoms with Gasteiger partial charge in [-0.25, -0.2) is 9.97 Å². The normalized spacial score (nSPS) is 11.7. The summed E-state index contributed by atoms with van der Waals surface area (Å²) in [5.41, 5.74) is -1.07. The molecule has 160 valence electrons. The molecule has 0 aliphatic rings. The van der Waals surface area contributed by atoms with Crippen LogP contribution in [0.25, 0.3) is 21.7 Å². The smallest absolute Gasteiger partial charge is 0.418 e. The second-order valence-electron chi connectivity index (χ2n) is 6.65. The number of pyridine rings is 1. The highest BCUT2D eigenvalue weighted by atomic mass is 32.1. The van der Waals surface area contributed by atoms with Crippen LogP contribution in [0.3, 0.4) is 0 Å². The number of thiophene rings is 1. The predicted molar refractivity (Wildman–Crippen MR) is 110 cm³/mol. The van der Waals surface area contributed by atoms with Crippen LogP contribution in [0.15, 0.2) is 52.8 Å². The van der Waals surface area contributed by atoms with Gasteiger partial charge in [0.2, 0.25) is 0 Å². The standard InChI is InChI=1S/C21H16F3N3O3S/c1-30-15-7-3-2-5-12(15)8-10-27-18(17-14(28)6-4-9-25-17)26-19-16(20(27)29)13(11-31-19)21(22,23)24/h2-7,9,11,28H,8,10H2,1H3. The van der Waals surface area contributed by atoms with Crippen LogP contribution in [0, 0.1) is 0 Å². The van der Waals surface area contributed by atoms with Crippen LogP contribution < -0.4 is 10.3 Å². The topological polar surface area (TPSA) is 77.2 Å². The van der Waals surface area contributed by atoms with Crippen LogP contribution >= 0.6 is 11.3 Å². The Hall–Kier alpha value is -3.40. The second-order valence-corrected chi connectivity index (χ2v) is 7.51. The quantitative estimate of drug-likeness (QED) is 0.488. The first-order valence-corrected chi connectivity index (χ1v) is 10.0. The molecule has 3 heterocycles. The maximum atomic E-state index is 13.5. The van der Waals surface area contributed by atoms with Gasteiger partial charge in [0.25, 0.3) is 5.56 Å². The van der Waals surface area contributed by atoms with Crippen molar-refractivity contribution in [2.75, 3.05) is 7.11 Å². The molecule has 0 fully saturated rings. The van der Waals surface area contributed by atoms with Crippen molar-refractivity contribution in [1.29, 1.82) is 0 Å². The van der Waals surface area contributed by atoms with Gasteiger partial charge in [0, 0.05) is 18.1 Å². The van der Waals surface area contributed by atoms with Gasteiger partial charge in [-0.1, -0.05) is 18.2 Å². The maximum Gasteiger partial charge on any atom is 0.418 e. The van der Waals surface area contributed by atoms with E-state index >= 15 is 0 Å². The zero-order chi connectivity index (χ0) is 22.2. The second kappa shape index (κ2) is 8.03. The first-order valence-electron chi connectivity index (χ1n) is 9.16. The fraction of sp³-hybridized carbons (Fsp3) is 0.190. The van der Waals surface area contributed by atoms with E-state index in [9.17, 15) is 23.1 Å². The summed E-state index contributed by atoms with van der Waals surface area (Å²) in [5.74, 6) is 0.367.